The van der Waals surface area contributed by atoms with E-state index in [9.17, 15) is 13.6 Å². The van der Waals surface area contributed by atoms with Crippen LogP contribution in [0.3, 0.4) is 0 Å². The average Bonchev–Trinajstić information content (AvgIpc) is 2.36. The van der Waals surface area contributed by atoms with Gasteiger partial charge in [0, 0.05) is 10.9 Å². The van der Waals surface area contributed by atoms with Gasteiger partial charge in [0.25, 0.3) is 0 Å². The Bertz CT molecular complexity index is 643. The van der Waals surface area contributed by atoms with Crippen molar-refractivity contribution in [3.8, 4) is 0 Å². The molecule has 2 aromatic rings. The molecule has 0 spiro atoms. The van der Waals surface area contributed by atoms with Gasteiger partial charge in [-0.2, -0.15) is 0 Å². The van der Waals surface area contributed by atoms with Crippen LogP contribution in [0.1, 0.15) is 15.9 Å². The number of carbonyl (C=O) groups excluding carboxylic acids is 1. The average molecular weight is 346 g/mol. The number of carbonyl (C=O) groups is 1. The first-order valence-corrected chi connectivity index (χ1v) is 6.57. The van der Waals surface area contributed by atoms with Gasteiger partial charge in [0.1, 0.15) is 5.82 Å². The van der Waals surface area contributed by atoms with Crippen molar-refractivity contribution in [1.82, 2.24) is 0 Å². The van der Waals surface area contributed by atoms with Crippen molar-refractivity contribution in [2.24, 2.45) is 0 Å². The number of Topliss-reactive ketones (excluding diaryl/α,β-unsaturated/α-hetero) is 1. The summed E-state index contributed by atoms with van der Waals surface area (Å²) < 4.78 is 27.8. The van der Waals surface area contributed by atoms with Gasteiger partial charge in [-0.05, 0) is 29.8 Å². The molecule has 0 radical (unpaired) electrons. The molecule has 0 aliphatic carbocycles. The Kier molecular flexibility index (Phi) is 4.32. The second-order valence-corrected chi connectivity index (χ2v) is 5.26. The molecule has 98 valence electrons. The van der Waals surface area contributed by atoms with E-state index in [0.717, 1.165) is 0 Å². The minimum Gasteiger partial charge on any atom is -0.294 e. The third-order valence-electron chi connectivity index (χ3n) is 2.62. The fraction of sp³-hybridized carbons (Fsp3) is 0.0714. The molecule has 0 atom stereocenters. The molecule has 0 bridgehead atoms. The van der Waals surface area contributed by atoms with Crippen LogP contribution in [-0.2, 0) is 6.42 Å². The summed E-state index contributed by atoms with van der Waals surface area (Å²) in [5.41, 5.74) is 0.0856. The van der Waals surface area contributed by atoms with Crippen LogP contribution in [0, 0.1) is 11.6 Å². The minimum absolute atomic E-state index is 0.123. The van der Waals surface area contributed by atoms with Crippen molar-refractivity contribution >= 4 is 33.3 Å². The van der Waals surface area contributed by atoms with E-state index in [-0.39, 0.29) is 22.6 Å². The first kappa shape index (κ1) is 14.2. The molecule has 0 saturated carbocycles. The van der Waals surface area contributed by atoms with Crippen LogP contribution in [0.5, 0.6) is 0 Å². The lowest BCUT2D eigenvalue weighted by atomic mass is 10.0. The molecule has 0 fully saturated rings. The topological polar surface area (TPSA) is 17.1 Å². The number of halogens is 4. The van der Waals surface area contributed by atoms with Crippen LogP contribution >= 0.6 is 27.5 Å². The Balaban J connectivity index is 2.28. The zero-order valence-electron chi connectivity index (χ0n) is 9.59. The van der Waals surface area contributed by atoms with Gasteiger partial charge in [0.15, 0.2) is 11.6 Å². The van der Waals surface area contributed by atoms with Crippen LogP contribution in [0.15, 0.2) is 40.9 Å². The van der Waals surface area contributed by atoms with Gasteiger partial charge >= 0.3 is 0 Å². The molecule has 19 heavy (non-hydrogen) atoms. The van der Waals surface area contributed by atoms with Gasteiger partial charge in [-0.3, -0.25) is 4.79 Å². The number of hydrogen-bond donors (Lipinski definition) is 0. The third kappa shape index (κ3) is 3.19. The predicted octanol–water partition coefficient (Wildman–Crippen LogP) is 4.81. The van der Waals surface area contributed by atoms with Crippen molar-refractivity contribution in [3.05, 3.63) is 68.7 Å². The van der Waals surface area contributed by atoms with Gasteiger partial charge in [0.05, 0.1) is 10.6 Å². The number of hydrogen-bond acceptors (Lipinski definition) is 1. The van der Waals surface area contributed by atoms with Crippen molar-refractivity contribution in [2.75, 3.05) is 0 Å². The maximum atomic E-state index is 13.7. The van der Waals surface area contributed by atoms with E-state index in [4.69, 9.17) is 11.6 Å². The lowest BCUT2D eigenvalue weighted by molar-refractivity contribution is 0.0988. The summed E-state index contributed by atoms with van der Waals surface area (Å²) in [6, 6.07) is 8.54. The highest BCUT2D eigenvalue weighted by molar-refractivity contribution is 9.10. The highest BCUT2D eigenvalue weighted by Gasteiger charge is 2.16. The van der Waals surface area contributed by atoms with Crippen LogP contribution in [0.4, 0.5) is 8.78 Å². The largest absolute Gasteiger partial charge is 0.294 e. The molecule has 0 N–H and O–H groups in total. The summed E-state index contributed by atoms with van der Waals surface area (Å²) in [7, 11) is 0. The summed E-state index contributed by atoms with van der Waals surface area (Å²) in [4.78, 5) is 11.9. The van der Waals surface area contributed by atoms with E-state index < -0.39 is 17.4 Å². The SMILES string of the molecule is O=C(Cc1ccc(Br)cc1F)c1cccc(Cl)c1F. The minimum atomic E-state index is -0.772. The van der Waals surface area contributed by atoms with Gasteiger partial charge in [0.2, 0.25) is 0 Å². The molecule has 0 aromatic heterocycles. The summed E-state index contributed by atoms with van der Waals surface area (Å²) in [5, 5.41) is -0.123. The molecule has 0 heterocycles. The second-order valence-electron chi connectivity index (χ2n) is 3.94. The Hall–Kier alpha value is -1.26. The lowest BCUT2D eigenvalue weighted by Gasteiger charge is -2.05. The molecule has 0 unspecified atom stereocenters. The molecule has 2 aromatic carbocycles. The normalized spacial score (nSPS) is 10.5. The van der Waals surface area contributed by atoms with Gasteiger partial charge in [-0.25, -0.2) is 8.78 Å². The van der Waals surface area contributed by atoms with Gasteiger partial charge in [-0.1, -0.05) is 39.7 Å². The van der Waals surface area contributed by atoms with Crippen molar-refractivity contribution < 1.29 is 13.6 Å². The van der Waals surface area contributed by atoms with E-state index >= 15 is 0 Å². The Labute approximate surface area is 122 Å². The maximum absolute atomic E-state index is 13.7. The van der Waals surface area contributed by atoms with Crippen LogP contribution in [0.25, 0.3) is 0 Å². The first-order valence-electron chi connectivity index (χ1n) is 5.40. The summed E-state index contributed by atoms with van der Waals surface area (Å²) in [5.74, 6) is -1.79. The number of ketones is 1. The molecule has 1 nitrogen and oxygen atoms in total. The summed E-state index contributed by atoms with van der Waals surface area (Å²) in [6.45, 7) is 0. The summed E-state index contributed by atoms with van der Waals surface area (Å²) in [6.07, 6.45) is -0.212. The molecular weight excluding hydrogens is 338 g/mol. The maximum Gasteiger partial charge on any atom is 0.170 e. The van der Waals surface area contributed by atoms with E-state index in [1.165, 1.54) is 30.3 Å². The van der Waals surface area contributed by atoms with Crippen LogP contribution in [0.2, 0.25) is 5.02 Å². The lowest BCUT2D eigenvalue weighted by Crippen LogP contribution is -2.07. The molecule has 5 heteroatoms. The highest BCUT2D eigenvalue weighted by Crippen LogP contribution is 2.21. The van der Waals surface area contributed by atoms with Crippen molar-refractivity contribution in [3.63, 3.8) is 0 Å². The van der Waals surface area contributed by atoms with E-state index in [2.05, 4.69) is 15.9 Å². The number of rotatable bonds is 3. The quantitative estimate of drug-likeness (QED) is 0.730. The zero-order chi connectivity index (χ0) is 14.0. The second kappa shape index (κ2) is 5.80. The third-order valence-corrected chi connectivity index (χ3v) is 3.40. The zero-order valence-corrected chi connectivity index (χ0v) is 11.9. The fourth-order valence-electron chi connectivity index (χ4n) is 1.65. The molecule has 2 rings (SSSR count). The Morgan fingerprint density at radius 1 is 1.21 bits per heavy atom. The molecule has 0 amide bonds. The van der Waals surface area contributed by atoms with Gasteiger partial charge in [-0.15, -0.1) is 0 Å². The highest BCUT2D eigenvalue weighted by atomic mass is 79.9. The van der Waals surface area contributed by atoms with E-state index in [1.807, 2.05) is 0 Å². The smallest absolute Gasteiger partial charge is 0.170 e. The summed E-state index contributed by atoms with van der Waals surface area (Å²) >= 11 is 8.73. The monoisotopic (exact) mass is 344 g/mol. The van der Waals surface area contributed by atoms with Crippen molar-refractivity contribution in [2.45, 2.75) is 6.42 Å². The van der Waals surface area contributed by atoms with Crippen molar-refractivity contribution in [1.29, 1.82) is 0 Å². The molecular formula is C14H8BrClF2O. The Morgan fingerprint density at radius 2 is 1.95 bits per heavy atom. The van der Waals surface area contributed by atoms with Crippen LogP contribution in [-0.4, -0.2) is 5.78 Å². The Morgan fingerprint density at radius 3 is 2.63 bits per heavy atom. The standard InChI is InChI=1S/C14H8BrClF2O/c15-9-5-4-8(12(17)7-9)6-13(19)10-2-1-3-11(16)14(10)18/h1-5,7H,6H2. The molecule has 0 saturated heterocycles. The predicted molar refractivity (Wildman–Crippen MR) is 73.5 cm³/mol. The van der Waals surface area contributed by atoms with E-state index in [1.54, 1.807) is 6.07 Å². The molecule has 0 aliphatic heterocycles. The number of benzene rings is 2. The van der Waals surface area contributed by atoms with Gasteiger partial charge < -0.3 is 0 Å². The fourth-order valence-corrected chi connectivity index (χ4v) is 2.16. The van der Waals surface area contributed by atoms with Crippen LogP contribution < -0.4 is 0 Å². The van der Waals surface area contributed by atoms with E-state index in [0.29, 0.717) is 4.47 Å². The molecule has 0 aliphatic rings. The first-order chi connectivity index (χ1) is 8.99.